The Morgan fingerprint density at radius 3 is 2.26 bits per heavy atom. The summed E-state index contributed by atoms with van der Waals surface area (Å²) in [6.45, 7) is 6.16. The Balaban J connectivity index is 2.18. The summed E-state index contributed by atoms with van der Waals surface area (Å²) in [5.41, 5.74) is 2.07. The molecule has 0 heterocycles. The van der Waals surface area contributed by atoms with E-state index in [1.165, 1.54) is 4.31 Å². The van der Waals surface area contributed by atoms with Crippen LogP contribution in [0.15, 0.2) is 78.2 Å². The lowest BCUT2D eigenvalue weighted by Crippen LogP contribution is -2.31. The van der Waals surface area contributed by atoms with E-state index in [9.17, 15) is 8.42 Å². The smallest absolute Gasteiger partial charge is 0.207 e. The SMILES string of the molecule is C=CCN(C/C=C\c1ccccc1)S(=O)(=O)c1ccc(C)cc1. The van der Waals surface area contributed by atoms with Crippen molar-refractivity contribution in [3.8, 4) is 0 Å². The van der Waals surface area contributed by atoms with Gasteiger partial charge in [-0.05, 0) is 24.6 Å². The van der Waals surface area contributed by atoms with Crippen LogP contribution in [0.2, 0.25) is 0 Å². The number of nitrogens with zero attached hydrogens (tertiary/aromatic N) is 1. The highest BCUT2D eigenvalue weighted by Crippen LogP contribution is 2.16. The van der Waals surface area contributed by atoms with Crippen molar-refractivity contribution in [3.63, 3.8) is 0 Å². The van der Waals surface area contributed by atoms with Crippen molar-refractivity contribution < 1.29 is 8.42 Å². The molecule has 0 atom stereocenters. The van der Waals surface area contributed by atoms with E-state index in [0.717, 1.165) is 11.1 Å². The van der Waals surface area contributed by atoms with Crippen LogP contribution in [-0.4, -0.2) is 25.8 Å². The fourth-order valence-corrected chi connectivity index (χ4v) is 3.51. The van der Waals surface area contributed by atoms with Gasteiger partial charge in [-0.3, -0.25) is 0 Å². The molecular formula is C19H21NO2S. The largest absolute Gasteiger partial charge is 0.243 e. The van der Waals surface area contributed by atoms with Crippen LogP contribution in [0.4, 0.5) is 0 Å². The molecule has 0 bridgehead atoms. The van der Waals surface area contributed by atoms with Gasteiger partial charge >= 0.3 is 0 Å². The van der Waals surface area contributed by atoms with Crippen LogP contribution in [0.25, 0.3) is 6.08 Å². The van der Waals surface area contributed by atoms with Crippen molar-refractivity contribution in [3.05, 3.63) is 84.5 Å². The second-order valence-electron chi connectivity index (χ2n) is 5.24. The lowest BCUT2D eigenvalue weighted by Gasteiger charge is -2.19. The first-order valence-electron chi connectivity index (χ1n) is 7.43. The molecule has 3 nitrogen and oxygen atoms in total. The standard InChI is InChI=1S/C19H21NO2S/c1-3-15-20(16-7-10-18-8-5-4-6-9-18)23(21,22)19-13-11-17(2)12-14-19/h3-14H,1,15-16H2,2H3/b10-7-. The second-order valence-corrected chi connectivity index (χ2v) is 7.17. The maximum atomic E-state index is 12.7. The van der Waals surface area contributed by atoms with Crippen molar-refractivity contribution in [2.24, 2.45) is 0 Å². The number of rotatable bonds is 7. The number of aryl methyl sites for hydroxylation is 1. The fourth-order valence-electron chi connectivity index (χ4n) is 2.14. The third kappa shape index (κ3) is 4.65. The predicted octanol–water partition coefficient (Wildman–Crippen LogP) is 3.89. The maximum Gasteiger partial charge on any atom is 0.243 e. The zero-order valence-electron chi connectivity index (χ0n) is 13.2. The minimum atomic E-state index is -3.52. The minimum absolute atomic E-state index is 0.273. The summed E-state index contributed by atoms with van der Waals surface area (Å²) in [4.78, 5) is 0.304. The molecule has 2 aromatic carbocycles. The molecule has 0 aliphatic carbocycles. The first kappa shape index (κ1) is 17.2. The van der Waals surface area contributed by atoms with E-state index < -0.39 is 10.0 Å². The van der Waals surface area contributed by atoms with Crippen molar-refractivity contribution in [1.29, 1.82) is 0 Å². The highest BCUT2D eigenvalue weighted by Gasteiger charge is 2.22. The van der Waals surface area contributed by atoms with Gasteiger partial charge in [0.1, 0.15) is 0 Å². The maximum absolute atomic E-state index is 12.7. The molecular weight excluding hydrogens is 306 g/mol. The van der Waals surface area contributed by atoms with E-state index >= 15 is 0 Å². The molecule has 0 saturated carbocycles. The van der Waals surface area contributed by atoms with Gasteiger partial charge in [0.25, 0.3) is 0 Å². The van der Waals surface area contributed by atoms with Gasteiger partial charge in [0.2, 0.25) is 10.0 Å². The van der Waals surface area contributed by atoms with E-state index in [1.54, 1.807) is 30.3 Å². The van der Waals surface area contributed by atoms with Crippen LogP contribution >= 0.6 is 0 Å². The molecule has 2 rings (SSSR count). The summed E-state index contributed by atoms with van der Waals surface area (Å²) in [6, 6.07) is 16.7. The average molecular weight is 327 g/mol. The fraction of sp³-hybridized carbons (Fsp3) is 0.158. The van der Waals surface area contributed by atoms with E-state index in [2.05, 4.69) is 6.58 Å². The van der Waals surface area contributed by atoms with Gasteiger partial charge < -0.3 is 0 Å². The molecule has 4 heteroatoms. The Morgan fingerprint density at radius 1 is 1.00 bits per heavy atom. The van der Waals surface area contributed by atoms with E-state index in [0.29, 0.717) is 11.4 Å². The predicted molar refractivity (Wildman–Crippen MR) is 95.6 cm³/mol. The number of benzene rings is 2. The summed E-state index contributed by atoms with van der Waals surface area (Å²) in [5.74, 6) is 0. The first-order valence-corrected chi connectivity index (χ1v) is 8.87. The van der Waals surface area contributed by atoms with E-state index in [4.69, 9.17) is 0 Å². The van der Waals surface area contributed by atoms with Crippen LogP contribution in [0, 0.1) is 6.92 Å². The molecule has 2 aromatic rings. The van der Waals surface area contributed by atoms with Gasteiger partial charge in [-0.2, -0.15) is 4.31 Å². The van der Waals surface area contributed by atoms with Crippen molar-refractivity contribution in [2.45, 2.75) is 11.8 Å². The third-order valence-electron chi connectivity index (χ3n) is 3.41. The van der Waals surface area contributed by atoms with Crippen LogP contribution in [-0.2, 0) is 10.0 Å². The van der Waals surface area contributed by atoms with Gasteiger partial charge in [-0.1, -0.05) is 66.3 Å². The van der Waals surface area contributed by atoms with E-state index in [1.807, 2.05) is 49.4 Å². The minimum Gasteiger partial charge on any atom is -0.207 e. The summed E-state index contributed by atoms with van der Waals surface area (Å²) in [6.07, 6.45) is 5.37. The van der Waals surface area contributed by atoms with Crippen molar-refractivity contribution in [2.75, 3.05) is 13.1 Å². The molecule has 0 amide bonds. The molecule has 0 aliphatic heterocycles. The van der Waals surface area contributed by atoms with Crippen LogP contribution in [0.1, 0.15) is 11.1 Å². The van der Waals surface area contributed by atoms with E-state index in [-0.39, 0.29) is 6.54 Å². The van der Waals surface area contributed by atoms with Gasteiger partial charge in [0.05, 0.1) is 4.90 Å². The third-order valence-corrected chi connectivity index (χ3v) is 5.26. The highest BCUT2D eigenvalue weighted by molar-refractivity contribution is 7.89. The molecule has 0 aliphatic rings. The molecule has 0 fully saturated rings. The van der Waals surface area contributed by atoms with Crippen LogP contribution in [0.5, 0.6) is 0 Å². The Morgan fingerprint density at radius 2 is 1.65 bits per heavy atom. The Kier molecular flexibility index (Phi) is 5.90. The van der Waals surface area contributed by atoms with Crippen LogP contribution in [0.3, 0.4) is 0 Å². The lowest BCUT2D eigenvalue weighted by atomic mass is 10.2. The molecule has 0 spiro atoms. The monoisotopic (exact) mass is 327 g/mol. The van der Waals surface area contributed by atoms with Gasteiger partial charge in [-0.15, -0.1) is 6.58 Å². The Bertz CT molecular complexity index is 763. The second kappa shape index (κ2) is 7.90. The average Bonchev–Trinajstić information content (AvgIpc) is 2.55. The summed E-state index contributed by atoms with van der Waals surface area (Å²) in [5, 5.41) is 0. The van der Waals surface area contributed by atoms with Gasteiger partial charge in [0.15, 0.2) is 0 Å². The lowest BCUT2D eigenvalue weighted by molar-refractivity contribution is 0.474. The normalized spacial score (nSPS) is 11.9. The van der Waals surface area contributed by atoms with Gasteiger partial charge in [0, 0.05) is 13.1 Å². The van der Waals surface area contributed by atoms with Crippen molar-refractivity contribution in [1.82, 2.24) is 4.31 Å². The molecule has 0 radical (unpaired) electrons. The summed E-state index contributed by atoms with van der Waals surface area (Å²) < 4.78 is 26.8. The Hall–Kier alpha value is -2.17. The van der Waals surface area contributed by atoms with Crippen LogP contribution < -0.4 is 0 Å². The summed E-state index contributed by atoms with van der Waals surface area (Å²) in [7, 11) is -3.52. The first-order chi connectivity index (χ1) is 11.0. The number of sulfonamides is 1. The Labute approximate surface area is 138 Å². The number of hydrogen-bond donors (Lipinski definition) is 0. The molecule has 120 valence electrons. The zero-order chi connectivity index (χ0) is 16.7. The quantitative estimate of drug-likeness (QED) is 0.724. The number of hydrogen-bond acceptors (Lipinski definition) is 2. The topological polar surface area (TPSA) is 37.4 Å². The molecule has 0 unspecified atom stereocenters. The van der Waals surface area contributed by atoms with Gasteiger partial charge in [-0.25, -0.2) is 8.42 Å². The molecule has 23 heavy (non-hydrogen) atoms. The molecule has 0 aromatic heterocycles. The zero-order valence-corrected chi connectivity index (χ0v) is 14.0. The molecule has 0 N–H and O–H groups in total. The van der Waals surface area contributed by atoms with Crippen molar-refractivity contribution >= 4 is 16.1 Å². The molecule has 0 saturated heterocycles. The highest BCUT2D eigenvalue weighted by atomic mass is 32.2. The summed E-state index contributed by atoms with van der Waals surface area (Å²) >= 11 is 0.